The quantitative estimate of drug-likeness (QED) is 0.802. The number of aromatic amines is 1. The van der Waals surface area contributed by atoms with Crippen molar-refractivity contribution >= 4 is 11.0 Å². The summed E-state index contributed by atoms with van der Waals surface area (Å²) in [5.41, 5.74) is 2.37. The van der Waals surface area contributed by atoms with Crippen LogP contribution in [-0.2, 0) is 6.42 Å². The second kappa shape index (κ2) is 5.82. The van der Waals surface area contributed by atoms with Crippen LogP contribution in [0.4, 0.5) is 0 Å². The largest absolute Gasteiger partial charge is 0.346 e. The molecule has 0 spiro atoms. The molecule has 1 unspecified atom stereocenters. The minimum Gasteiger partial charge on any atom is -0.346 e. The summed E-state index contributed by atoms with van der Waals surface area (Å²) in [5, 5.41) is 4.78. The minimum absolute atomic E-state index is 0.580. The van der Waals surface area contributed by atoms with Crippen LogP contribution < -0.4 is 5.32 Å². The van der Waals surface area contributed by atoms with Crippen LogP contribution in [0.5, 0.6) is 0 Å². The normalized spacial score (nSPS) is 13.1. The predicted molar refractivity (Wildman–Crippen MR) is 72.2 cm³/mol. The summed E-state index contributed by atoms with van der Waals surface area (Å²) in [5.74, 6) is 0. The van der Waals surface area contributed by atoms with Crippen molar-refractivity contribution in [2.75, 3.05) is 6.54 Å². The molecule has 92 valence electrons. The molecule has 2 aromatic rings. The molecule has 2 aromatic heterocycles. The summed E-state index contributed by atoms with van der Waals surface area (Å²) in [6, 6.07) is 4.72. The van der Waals surface area contributed by atoms with Gasteiger partial charge in [-0.1, -0.05) is 6.92 Å². The van der Waals surface area contributed by atoms with Crippen molar-refractivity contribution in [3.63, 3.8) is 0 Å². The Morgan fingerprint density at radius 3 is 3.18 bits per heavy atom. The molecule has 2 rings (SSSR count). The van der Waals surface area contributed by atoms with Gasteiger partial charge in [-0.2, -0.15) is 0 Å². The Hall–Kier alpha value is -1.35. The molecule has 17 heavy (non-hydrogen) atoms. The Kier molecular flexibility index (Phi) is 4.15. The Morgan fingerprint density at radius 2 is 2.35 bits per heavy atom. The number of nitrogens with zero attached hydrogens (tertiary/aromatic N) is 1. The highest BCUT2D eigenvalue weighted by atomic mass is 14.9. The molecule has 0 bridgehead atoms. The number of pyridine rings is 1. The molecule has 0 aliphatic heterocycles. The zero-order valence-corrected chi connectivity index (χ0v) is 10.7. The summed E-state index contributed by atoms with van der Waals surface area (Å²) < 4.78 is 0. The van der Waals surface area contributed by atoms with Gasteiger partial charge in [-0.3, -0.25) is 0 Å². The molecule has 0 aliphatic carbocycles. The van der Waals surface area contributed by atoms with Crippen LogP contribution in [-0.4, -0.2) is 22.6 Å². The lowest BCUT2D eigenvalue weighted by molar-refractivity contribution is 0.514. The number of fused-ring (bicyclic) bond motifs is 1. The molecule has 2 heterocycles. The van der Waals surface area contributed by atoms with E-state index >= 15 is 0 Å². The molecule has 0 radical (unpaired) electrons. The summed E-state index contributed by atoms with van der Waals surface area (Å²) >= 11 is 0. The maximum atomic E-state index is 4.31. The van der Waals surface area contributed by atoms with Crippen molar-refractivity contribution in [3.8, 4) is 0 Å². The fourth-order valence-corrected chi connectivity index (χ4v) is 2.08. The smallest absolute Gasteiger partial charge is 0.137 e. The zero-order valence-electron chi connectivity index (χ0n) is 10.7. The number of nitrogens with one attached hydrogen (secondary N) is 2. The summed E-state index contributed by atoms with van der Waals surface area (Å²) in [6.07, 6.45) is 7.38. The van der Waals surface area contributed by atoms with Gasteiger partial charge in [-0.25, -0.2) is 4.98 Å². The van der Waals surface area contributed by atoms with Crippen molar-refractivity contribution in [3.05, 3.63) is 30.1 Å². The molecule has 0 fully saturated rings. The zero-order chi connectivity index (χ0) is 12.1. The van der Waals surface area contributed by atoms with E-state index < -0.39 is 0 Å². The summed E-state index contributed by atoms with van der Waals surface area (Å²) in [7, 11) is 0. The number of aromatic nitrogens is 2. The van der Waals surface area contributed by atoms with E-state index in [-0.39, 0.29) is 0 Å². The molecule has 0 aliphatic rings. The number of rotatable bonds is 6. The Morgan fingerprint density at radius 1 is 1.47 bits per heavy atom. The Bertz CT molecular complexity index is 461. The van der Waals surface area contributed by atoms with E-state index in [4.69, 9.17) is 0 Å². The van der Waals surface area contributed by atoms with Crippen molar-refractivity contribution in [2.24, 2.45) is 0 Å². The van der Waals surface area contributed by atoms with Gasteiger partial charge in [0.1, 0.15) is 5.65 Å². The Labute approximate surface area is 103 Å². The van der Waals surface area contributed by atoms with Gasteiger partial charge in [0.15, 0.2) is 0 Å². The molecule has 0 amide bonds. The van der Waals surface area contributed by atoms with Crippen LogP contribution in [0.2, 0.25) is 0 Å². The van der Waals surface area contributed by atoms with E-state index in [1.165, 1.54) is 23.8 Å². The lowest BCUT2D eigenvalue weighted by Gasteiger charge is -2.12. The highest BCUT2D eigenvalue weighted by Gasteiger charge is 2.06. The molecule has 1 atom stereocenters. The number of hydrogen-bond acceptors (Lipinski definition) is 2. The van der Waals surface area contributed by atoms with E-state index in [0.717, 1.165) is 18.6 Å². The SMILES string of the molecule is CCCNC(C)CCc1c[nH]c2ncccc12. The molecular weight excluding hydrogens is 210 g/mol. The second-order valence-corrected chi connectivity index (χ2v) is 4.61. The molecule has 0 saturated heterocycles. The van der Waals surface area contributed by atoms with Crippen LogP contribution in [0.1, 0.15) is 32.3 Å². The average Bonchev–Trinajstić information content (AvgIpc) is 2.77. The highest BCUT2D eigenvalue weighted by molar-refractivity contribution is 5.79. The highest BCUT2D eigenvalue weighted by Crippen LogP contribution is 2.17. The maximum Gasteiger partial charge on any atom is 0.137 e. The molecule has 0 aromatic carbocycles. The first-order valence-corrected chi connectivity index (χ1v) is 6.45. The second-order valence-electron chi connectivity index (χ2n) is 4.61. The van der Waals surface area contributed by atoms with Crippen LogP contribution in [0.15, 0.2) is 24.5 Å². The minimum atomic E-state index is 0.580. The van der Waals surface area contributed by atoms with Gasteiger partial charge in [0, 0.05) is 23.8 Å². The van der Waals surface area contributed by atoms with Gasteiger partial charge in [-0.15, -0.1) is 0 Å². The van der Waals surface area contributed by atoms with Crippen molar-refractivity contribution in [2.45, 2.75) is 39.2 Å². The van der Waals surface area contributed by atoms with E-state index in [1.54, 1.807) is 0 Å². The summed E-state index contributed by atoms with van der Waals surface area (Å²) in [4.78, 5) is 7.53. The first-order valence-electron chi connectivity index (χ1n) is 6.45. The maximum absolute atomic E-state index is 4.31. The fraction of sp³-hybridized carbons (Fsp3) is 0.500. The first kappa shape index (κ1) is 12.1. The van der Waals surface area contributed by atoms with Gasteiger partial charge in [0.25, 0.3) is 0 Å². The molecular formula is C14H21N3. The monoisotopic (exact) mass is 231 g/mol. The third-order valence-electron chi connectivity index (χ3n) is 3.13. The van der Waals surface area contributed by atoms with Crippen molar-refractivity contribution < 1.29 is 0 Å². The van der Waals surface area contributed by atoms with Gasteiger partial charge in [0.2, 0.25) is 0 Å². The number of aryl methyl sites for hydroxylation is 1. The molecule has 2 N–H and O–H groups in total. The third kappa shape index (κ3) is 3.07. The number of hydrogen-bond donors (Lipinski definition) is 2. The number of H-pyrrole nitrogens is 1. The van der Waals surface area contributed by atoms with Crippen LogP contribution in [0, 0.1) is 0 Å². The predicted octanol–water partition coefficient (Wildman–Crippen LogP) is 2.88. The average molecular weight is 231 g/mol. The molecule has 3 nitrogen and oxygen atoms in total. The summed E-state index contributed by atoms with van der Waals surface area (Å²) in [6.45, 7) is 5.56. The van der Waals surface area contributed by atoms with Crippen LogP contribution in [0.25, 0.3) is 11.0 Å². The van der Waals surface area contributed by atoms with Gasteiger partial charge >= 0.3 is 0 Å². The standard InChI is InChI=1S/C14H21N3/c1-3-8-15-11(2)6-7-12-10-17-14-13(12)5-4-9-16-14/h4-5,9-11,15H,3,6-8H2,1-2H3,(H,16,17). The van der Waals surface area contributed by atoms with E-state index in [1.807, 2.05) is 12.3 Å². The molecule has 3 heteroatoms. The fourth-order valence-electron chi connectivity index (χ4n) is 2.08. The lowest BCUT2D eigenvalue weighted by atomic mass is 10.1. The van der Waals surface area contributed by atoms with Gasteiger partial charge in [-0.05, 0) is 50.4 Å². The van der Waals surface area contributed by atoms with Crippen molar-refractivity contribution in [1.29, 1.82) is 0 Å². The lowest BCUT2D eigenvalue weighted by Crippen LogP contribution is -2.27. The van der Waals surface area contributed by atoms with Crippen molar-refractivity contribution in [1.82, 2.24) is 15.3 Å². The van der Waals surface area contributed by atoms with Crippen LogP contribution >= 0.6 is 0 Å². The molecule has 0 saturated carbocycles. The van der Waals surface area contributed by atoms with Gasteiger partial charge < -0.3 is 10.3 Å². The third-order valence-corrected chi connectivity index (χ3v) is 3.13. The van der Waals surface area contributed by atoms with E-state index in [2.05, 4.69) is 41.4 Å². The van der Waals surface area contributed by atoms with E-state index in [0.29, 0.717) is 6.04 Å². The van der Waals surface area contributed by atoms with Crippen LogP contribution in [0.3, 0.4) is 0 Å². The topological polar surface area (TPSA) is 40.7 Å². The first-order chi connectivity index (χ1) is 8.31. The van der Waals surface area contributed by atoms with E-state index in [9.17, 15) is 0 Å². The Balaban J connectivity index is 1.95. The van der Waals surface area contributed by atoms with Gasteiger partial charge in [0.05, 0.1) is 0 Å².